The number of allylic oxidation sites excluding steroid dienone is 1. The summed E-state index contributed by atoms with van der Waals surface area (Å²) in [5.41, 5.74) is 6.41. The number of fused-ring (bicyclic) bond motifs is 1. The van der Waals surface area contributed by atoms with E-state index in [0.29, 0.717) is 18.4 Å². The number of thioether (sulfide) groups is 1. The zero-order valence-corrected chi connectivity index (χ0v) is 25.1. The number of pyridine rings is 1. The quantitative estimate of drug-likeness (QED) is 0.0821. The summed E-state index contributed by atoms with van der Waals surface area (Å²) < 4.78 is 15.7. The third-order valence-electron chi connectivity index (χ3n) is 6.43. The van der Waals surface area contributed by atoms with E-state index in [1.54, 1.807) is 30.6 Å². The summed E-state index contributed by atoms with van der Waals surface area (Å²) in [5.74, 6) is -2.08. The molecule has 0 aliphatic carbocycles. The van der Waals surface area contributed by atoms with Gasteiger partial charge in [-0.25, -0.2) is 14.6 Å². The van der Waals surface area contributed by atoms with Crippen LogP contribution in [0.2, 0.25) is 0 Å². The van der Waals surface area contributed by atoms with E-state index in [9.17, 15) is 24.4 Å². The lowest BCUT2D eigenvalue weighted by atomic mass is 10.0. The number of carbonyl (C=O) groups excluding carboxylic acids is 4. The molecule has 3 atom stereocenters. The highest BCUT2D eigenvalue weighted by Gasteiger charge is 2.54. The Bertz CT molecular complexity index is 1460. The molecule has 2 aromatic heterocycles. The number of rotatable bonds is 11. The number of nitrogens with one attached hydrogen (secondary N) is 1. The van der Waals surface area contributed by atoms with Gasteiger partial charge in [0.1, 0.15) is 28.9 Å². The Hall–Kier alpha value is -4.44. The number of carbonyl (C=O) groups is 4. The molecule has 0 bridgehead atoms. The number of nitrogens with two attached hydrogens (primary N) is 1. The highest BCUT2D eigenvalue weighted by atomic mass is 32.2. The Kier molecular flexibility index (Phi) is 10.4. The SMILES string of the molecule is CCC(CC)OC(=O)OC(C)OC(=O)C1=C(/C=C\c2cccnc2)CS[C@H]2[C@H](NC(=O)C(=NO)c3csc(N)n3)C(=O)N12. The molecule has 0 radical (unpaired) electrons. The average molecular weight is 631 g/mol. The molecule has 2 aromatic rings. The first kappa shape index (κ1) is 31.5. The minimum Gasteiger partial charge on any atom is -0.431 e. The van der Waals surface area contributed by atoms with Crippen LogP contribution in [0, 0.1) is 0 Å². The van der Waals surface area contributed by atoms with Crippen LogP contribution in [0.4, 0.5) is 9.93 Å². The third-order valence-corrected chi connectivity index (χ3v) is 8.40. The number of hydrogen-bond donors (Lipinski definition) is 3. The van der Waals surface area contributed by atoms with Crippen molar-refractivity contribution in [2.24, 2.45) is 5.16 Å². The van der Waals surface area contributed by atoms with Crippen molar-refractivity contribution >= 4 is 64.0 Å². The van der Waals surface area contributed by atoms with Crippen LogP contribution < -0.4 is 11.1 Å². The standard InChI is InChI=1S/C27H30N6O8S2/c1-4-17(5-2)41-27(37)40-14(3)39-25(36)21-16(9-8-15-7-6-10-29-11-15)12-42-24-20(23(35)33(21)24)31-22(34)19(32-38)18-13-43-26(28)30-18/h6-11,13-14,17,20,24,38H,4-5,12H2,1-3H3,(H2,28,30)(H,31,34)/b9-8-,32-19?/t14?,20-,24+/m1/s1. The molecule has 0 aromatic carbocycles. The smallest absolute Gasteiger partial charge is 0.431 e. The van der Waals surface area contributed by atoms with Gasteiger partial charge >= 0.3 is 12.1 Å². The number of nitrogens with zero attached hydrogens (tertiary/aromatic N) is 4. The summed E-state index contributed by atoms with van der Waals surface area (Å²) in [7, 11) is 0. The molecule has 14 nitrogen and oxygen atoms in total. The number of amides is 2. The van der Waals surface area contributed by atoms with Crippen molar-refractivity contribution in [1.82, 2.24) is 20.2 Å². The molecule has 2 amide bonds. The van der Waals surface area contributed by atoms with Gasteiger partial charge in [-0.2, -0.15) is 0 Å². The van der Waals surface area contributed by atoms with Crippen molar-refractivity contribution in [3.8, 4) is 0 Å². The Morgan fingerprint density at radius 1 is 1.26 bits per heavy atom. The fourth-order valence-electron chi connectivity index (χ4n) is 4.24. The monoisotopic (exact) mass is 630 g/mol. The molecular formula is C27H30N6O8S2. The van der Waals surface area contributed by atoms with E-state index in [-0.39, 0.29) is 28.4 Å². The van der Waals surface area contributed by atoms with E-state index >= 15 is 0 Å². The van der Waals surface area contributed by atoms with E-state index in [2.05, 4.69) is 20.4 Å². The minimum absolute atomic E-state index is 0.0473. The Labute approximate surface area is 255 Å². The Balaban J connectivity index is 1.53. The molecule has 16 heteroatoms. The normalized spacial score (nSPS) is 19.1. The number of β-lactam (4-membered cyclic amide) rings is 1. The summed E-state index contributed by atoms with van der Waals surface area (Å²) in [5, 5.41) is 15.9. The third kappa shape index (κ3) is 7.32. The molecule has 2 aliphatic rings. The molecule has 1 fully saturated rings. The minimum atomic E-state index is -1.32. The lowest BCUT2D eigenvalue weighted by Crippen LogP contribution is -2.71. The first-order chi connectivity index (χ1) is 20.7. The van der Waals surface area contributed by atoms with Crippen LogP contribution in [0.5, 0.6) is 0 Å². The van der Waals surface area contributed by atoms with Crippen molar-refractivity contribution in [3.05, 3.63) is 58.5 Å². The molecule has 4 heterocycles. The molecule has 0 saturated carbocycles. The zero-order valence-electron chi connectivity index (χ0n) is 23.5. The summed E-state index contributed by atoms with van der Waals surface area (Å²) in [6, 6.07) is 2.53. The van der Waals surface area contributed by atoms with Gasteiger partial charge < -0.3 is 30.5 Å². The number of ether oxygens (including phenoxy) is 3. The predicted octanol–water partition coefficient (Wildman–Crippen LogP) is 2.90. The van der Waals surface area contributed by atoms with Gasteiger partial charge in [0.25, 0.3) is 11.8 Å². The number of hydrogen-bond acceptors (Lipinski definition) is 14. The van der Waals surface area contributed by atoms with Crippen LogP contribution in [-0.2, 0) is 28.6 Å². The second-order valence-electron chi connectivity index (χ2n) is 9.27. The van der Waals surface area contributed by atoms with Crippen LogP contribution in [-0.4, -0.2) is 79.3 Å². The maximum Gasteiger partial charge on any atom is 0.511 e. The van der Waals surface area contributed by atoms with E-state index in [1.165, 1.54) is 29.0 Å². The van der Waals surface area contributed by atoms with Crippen molar-refractivity contribution in [2.75, 3.05) is 11.5 Å². The summed E-state index contributed by atoms with van der Waals surface area (Å²) >= 11 is 2.36. The van der Waals surface area contributed by atoms with Crippen molar-refractivity contribution in [3.63, 3.8) is 0 Å². The second-order valence-corrected chi connectivity index (χ2v) is 11.3. The number of oxime groups is 1. The Morgan fingerprint density at radius 3 is 2.65 bits per heavy atom. The van der Waals surface area contributed by atoms with Gasteiger partial charge in [0.15, 0.2) is 10.8 Å². The molecule has 0 spiro atoms. The van der Waals surface area contributed by atoms with Crippen LogP contribution >= 0.6 is 23.1 Å². The average Bonchev–Trinajstić information content (AvgIpc) is 3.43. The zero-order chi connectivity index (χ0) is 31.1. The van der Waals surface area contributed by atoms with E-state index in [1.807, 2.05) is 19.9 Å². The van der Waals surface area contributed by atoms with Crippen molar-refractivity contribution < 1.29 is 38.6 Å². The number of anilines is 1. The molecule has 1 saturated heterocycles. The summed E-state index contributed by atoms with van der Waals surface area (Å²) in [6.45, 7) is 5.08. The van der Waals surface area contributed by atoms with Crippen LogP contribution in [0.15, 0.2) is 52.4 Å². The fourth-order valence-corrected chi connectivity index (χ4v) is 6.10. The molecule has 4 rings (SSSR count). The van der Waals surface area contributed by atoms with Crippen molar-refractivity contribution in [2.45, 2.75) is 57.4 Å². The van der Waals surface area contributed by atoms with E-state index in [4.69, 9.17) is 19.9 Å². The Morgan fingerprint density at radius 2 is 2.02 bits per heavy atom. The lowest BCUT2D eigenvalue weighted by molar-refractivity contribution is -0.169. The van der Waals surface area contributed by atoms with Gasteiger partial charge in [-0.05, 0) is 30.0 Å². The number of nitrogen functional groups attached to an aromatic ring is 1. The molecule has 43 heavy (non-hydrogen) atoms. The summed E-state index contributed by atoms with van der Waals surface area (Å²) in [6.07, 6.45) is 5.21. The maximum absolute atomic E-state index is 13.4. The molecule has 228 valence electrons. The van der Waals surface area contributed by atoms with Crippen molar-refractivity contribution in [1.29, 1.82) is 0 Å². The van der Waals surface area contributed by atoms with E-state index < -0.39 is 47.4 Å². The molecular weight excluding hydrogens is 600 g/mol. The van der Waals surface area contributed by atoms with Crippen LogP contribution in [0.3, 0.4) is 0 Å². The number of esters is 1. The first-order valence-electron chi connectivity index (χ1n) is 13.2. The molecule has 1 unspecified atom stereocenters. The van der Waals surface area contributed by atoms with Gasteiger partial charge in [-0.1, -0.05) is 37.2 Å². The second kappa shape index (κ2) is 14.2. The van der Waals surface area contributed by atoms with Crippen LogP contribution in [0.25, 0.3) is 6.08 Å². The topological polar surface area (TPSA) is 196 Å². The van der Waals surface area contributed by atoms with Gasteiger partial charge in [0.05, 0.1) is 0 Å². The largest absolute Gasteiger partial charge is 0.511 e. The lowest BCUT2D eigenvalue weighted by Gasteiger charge is -2.49. The number of aromatic nitrogens is 2. The first-order valence-corrected chi connectivity index (χ1v) is 15.2. The predicted molar refractivity (Wildman–Crippen MR) is 158 cm³/mol. The van der Waals surface area contributed by atoms with E-state index in [0.717, 1.165) is 16.9 Å². The van der Waals surface area contributed by atoms with Gasteiger partial charge in [-0.15, -0.1) is 23.1 Å². The molecule has 4 N–H and O–H groups in total. The van der Waals surface area contributed by atoms with Gasteiger partial charge in [0.2, 0.25) is 6.29 Å². The number of thiazole rings is 1. The van der Waals surface area contributed by atoms with Crippen LogP contribution in [0.1, 0.15) is 44.9 Å². The van der Waals surface area contributed by atoms with Gasteiger partial charge in [-0.3, -0.25) is 19.5 Å². The summed E-state index contributed by atoms with van der Waals surface area (Å²) in [4.78, 5) is 61.0. The van der Waals surface area contributed by atoms with Gasteiger partial charge in [0, 0.05) is 30.5 Å². The fraction of sp³-hybridized carbons (Fsp3) is 0.370. The highest BCUT2D eigenvalue weighted by Crippen LogP contribution is 2.41. The maximum atomic E-state index is 13.4. The molecule has 2 aliphatic heterocycles. The highest BCUT2D eigenvalue weighted by molar-refractivity contribution is 8.00.